The van der Waals surface area contributed by atoms with E-state index < -0.39 is 0 Å². The van der Waals surface area contributed by atoms with Gasteiger partial charge in [0, 0.05) is 6.61 Å². The maximum Gasteiger partial charge on any atom is 0.0431 e. The molecule has 0 aromatic carbocycles. The third-order valence-corrected chi connectivity index (χ3v) is 1.51. The molecule has 64 valence electrons. The van der Waals surface area contributed by atoms with Crippen molar-refractivity contribution in [2.45, 2.75) is 45.4 Å². The molecule has 0 unspecified atom stereocenters. The van der Waals surface area contributed by atoms with E-state index in [4.69, 9.17) is 5.11 Å². The largest absolute Gasteiger partial charge is 0.396 e. The quantitative estimate of drug-likeness (QED) is 0.598. The van der Waals surface area contributed by atoms with E-state index in [0.29, 0.717) is 6.61 Å². The molecule has 0 saturated carbocycles. The van der Waals surface area contributed by atoms with Gasteiger partial charge in [-0.25, -0.2) is 0 Å². The minimum absolute atomic E-state index is 0. The Morgan fingerprint density at radius 2 is 1.40 bits per heavy atom. The zero-order valence-corrected chi connectivity index (χ0v) is 7.90. The molecule has 0 bridgehead atoms. The minimum atomic E-state index is 0. The van der Waals surface area contributed by atoms with Gasteiger partial charge in [0.25, 0.3) is 0 Å². The Bertz CT molecular complexity index is 42.5. The molecule has 0 spiro atoms. The second-order valence-corrected chi connectivity index (χ2v) is 2.49. The molecule has 0 aromatic heterocycles. The van der Waals surface area contributed by atoms with Gasteiger partial charge in [-0.3, -0.25) is 0 Å². The van der Waals surface area contributed by atoms with Crippen molar-refractivity contribution in [1.82, 2.24) is 0 Å². The Hall–Kier alpha value is 0.310. The Labute approximate surface area is 71.3 Å². The molecular formula is C8H20OS. The van der Waals surface area contributed by atoms with Gasteiger partial charge >= 0.3 is 0 Å². The predicted octanol–water partition coefficient (Wildman–Crippen LogP) is 2.45. The number of hydrogen-bond donors (Lipinski definition) is 1. The lowest BCUT2D eigenvalue weighted by Gasteiger charge is -1.95. The predicted molar refractivity (Wildman–Crippen MR) is 50.8 cm³/mol. The summed E-state index contributed by atoms with van der Waals surface area (Å²) in [5, 5.41) is 8.42. The topological polar surface area (TPSA) is 20.2 Å². The van der Waals surface area contributed by atoms with Crippen molar-refractivity contribution in [3.05, 3.63) is 0 Å². The fourth-order valence-corrected chi connectivity index (χ4v) is 0.892. The average Bonchev–Trinajstić information content (AvgIpc) is 1.89. The summed E-state index contributed by atoms with van der Waals surface area (Å²) in [6.07, 6.45) is 7.50. The molecular weight excluding hydrogens is 144 g/mol. The van der Waals surface area contributed by atoms with Gasteiger partial charge in [0.05, 0.1) is 0 Å². The van der Waals surface area contributed by atoms with Crippen LogP contribution in [0.15, 0.2) is 0 Å². The van der Waals surface area contributed by atoms with Crippen molar-refractivity contribution < 1.29 is 5.11 Å². The number of aliphatic hydroxyl groups excluding tert-OH is 1. The average molecular weight is 164 g/mol. The van der Waals surface area contributed by atoms with Crippen LogP contribution in [0, 0.1) is 0 Å². The normalized spacial score (nSPS) is 9.00. The van der Waals surface area contributed by atoms with E-state index in [-0.39, 0.29) is 13.5 Å². The molecule has 0 radical (unpaired) electrons. The lowest BCUT2D eigenvalue weighted by Crippen LogP contribution is -1.82. The summed E-state index contributed by atoms with van der Waals surface area (Å²) in [4.78, 5) is 0. The van der Waals surface area contributed by atoms with Gasteiger partial charge in [-0.15, -0.1) is 0 Å². The van der Waals surface area contributed by atoms with Crippen molar-refractivity contribution in [3.8, 4) is 0 Å². The maximum absolute atomic E-state index is 8.42. The van der Waals surface area contributed by atoms with E-state index in [1.165, 1.54) is 32.1 Å². The van der Waals surface area contributed by atoms with Crippen LogP contribution < -0.4 is 0 Å². The second-order valence-electron chi connectivity index (χ2n) is 2.49. The first-order chi connectivity index (χ1) is 4.41. The highest BCUT2D eigenvalue weighted by molar-refractivity contribution is 7.59. The summed E-state index contributed by atoms with van der Waals surface area (Å²) >= 11 is 0. The van der Waals surface area contributed by atoms with E-state index in [1.54, 1.807) is 0 Å². The van der Waals surface area contributed by atoms with Gasteiger partial charge in [0.15, 0.2) is 0 Å². The van der Waals surface area contributed by atoms with Crippen LogP contribution in [0.3, 0.4) is 0 Å². The fraction of sp³-hybridized carbons (Fsp3) is 1.00. The van der Waals surface area contributed by atoms with Crippen LogP contribution in [0.2, 0.25) is 0 Å². The first-order valence-electron chi connectivity index (χ1n) is 4.02. The molecule has 10 heavy (non-hydrogen) atoms. The highest BCUT2D eigenvalue weighted by atomic mass is 32.1. The summed E-state index contributed by atoms with van der Waals surface area (Å²) in [7, 11) is 0. The van der Waals surface area contributed by atoms with Gasteiger partial charge in [0.1, 0.15) is 0 Å². The standard InChI is InChI=1S/C8H18O.H2S/c1-2-3-4-5-6-7-8-9;/h9H,2-8H2,1H3;1H2. The summed E-state index contributed by atoms with van der Waals surface area (Å²) in [6.45, 7) is 2.58. The first-order valence-corrected chi connectivity index (χ1v) is 4.02. The Morgan fingerprint density at radius 3 is 1.90 bits per heavy atom. The van der Waals surface area contributed by atoms with Crippen molar-refractivity contribution in [1.29, 1.82) is 0 Å². The monoisotopic (exact) mass is 164 g/mol. The summed E-state index contributed by atoms with van der Waals surface area (Å²) in [6, 6.07) is 0. The molecule has 1 nitrogen and oxygen atoms in total. The van der Waals surface area contributed by atoms with Crippen LogP contribution in [0.5, 0.6) is 0 Å². The molecule has 0 amide bonds. The molecule has 0 aliphatic carbocycles. The first kappa shape index (κ1) is 12.9. The second kappa shape index (κ2) is 12.0. The fourth-order valence-electron chi connectivity index (χ4n) is 0.892. The Balaban J connectivity index is 0. The van der Waals surface area contributed by atoms with Crippen LogP contribution in [-0.4, -0.2) is 11.7 Å². The maximum atomic E-state index is 8.42. The number of unbranched alkanes of at least 4 members (excludes halogenated alkanes) is 5. The minimum Gasteiger partial charge on any atom is -0.396 e. The molecule has 2 heteroatoms. The van der Waals surface area contributed by atoms with E-state index in [2.05, 4.69) is 6.92 Å². The Kier molecular flexibility index (Phi) is 15.6. The van der Waals surface area contributed by atoms with Crippen LogP contribution in [0.4, 0.5) is 0 Å². The summed E-state index contributed by atoms with van der Waals surface area (Å²) < 4.78 is 0. The zero-order valence-electron chi connectivity index (χ0n) is 6.90. The van der Waals surface area contributed by atoms with Gasteiger partial charge in [-0.1, -0.05) is 39.0 Å². The molecule has 0 rings (SSSR count). The third kappa shape index (κ3) is 11.2. The highest BCUT2D eigenvalue weighted by Crippen LogP contribution is 2.03. The summed E-state index contributed by atoms with van der Waals surface area (Å²) in [5.41, 5.74) is 0. The number of rotatable bonds is 6. The van der Waals surface area contributed by atoms with Crippen molar-refractivity contribution >= 4 is 13.5 Å². The molecule has 0 aromatic rings. The van der Waals surface area contributed by atoms with E-state index in [0.717, 1.165) is 6.42 Å². The molecule has 0 heterocycles. The van der Waals surface area contributed by atoms with E-state index in [9.17, 15) is 0 Å². The summed E-state index contributed by atoms with van der Waals surface area (Å²) in [5.74, 6) is 0. The third-order valence-electron chi connectivity index (χ3n) is 1.51. The molecule has 0 aliphatic rings. The van der Waals surface area contributed by atoms with Crippen molar-refractivity contribution in [2.75, 3.05) is 6.61 Å². The smallest absolute Gasteiger partial charge is 0.0431 e. The van der Waals surface area contributed by atoms with Crippen LogP contribution in [-0.2, 0) is 0 Å². The molecule has 0 fully saturated rings. The van der Waals surface area contributed by atoms with E-state index in [1.807, 2.05) is 0 Å². The zero-order chi connectivity index (χ0) is 6.95. The van der Waals surface area contributed by atoms with Crippen LogP contribution in [0.1, 0.15) is 45.4 Å². The van der Waals surface area contributed by atoms with Crippen molar-refractivity contribution in [2.24, 2.45) is 0 Å². The van der Waals surface area contributed by atoms with E-state index >= 15 is 0 Å². The molecule has 0 saturated heterocycles. The van der Waals surface area contributed by atoms with Crippen LogP contribution in [0.25, 0.3) is 0 Å². The lowest BCUT2D eigenvalue weighted by atomic mass is 10.1. The molecule has 1 N–H and O–H groups in total. The SMILES string of the molecule is CCCCCCCCO.S. The van der Waals surface area contributed by atoms with Gasteiger partial charge in [-0.05, 0) is 6.42 Å². The molecule has 0 atom stereocenters. The van der Waals surface area contributed by atoms with Crippen LogP contribution >= 0.6 is 13.5 Å². The number of aliphatic hydroxyl groups is 1. The lowest BCUT2D eigenvalue weighted by molar-refractivity contribution is 0.282. The highest BCUT2D eigenvalue weighted by Gasteiger charge is 1.86. The van der Waals surface area contributed by atoms with Gasteiger partial charge < -0.3 is 5.11 Å². The molecule has 0 aliphatic heterocycles. The van der Waals surface area contributed by atoms with Crippen molar-refractivity contribution in [3.63, 3.8) is 0 Å². The Morgan fingerprint density at radius 1 is 0.900 bits per heavy atom. The van der Waals surface area contributed by atoms with Gasteiger partial charge in [-0.2, -0.15) is 13.5 Å². The van der Waals surface area contributed by atoms with Gasteiger partial charge in [0.2, 0.25) is 0 Å². The number of hydrogen-bond acceptors (Lipinski definition) is 1.